The van der Waals surface area contributed by atoms with Crippen LogP contribution in [0.15, 0.2) is 24.3 Å². The van der Waals surface area contributed by atoms with Crippen LogP contribution in [-0.4, -0.2) is 29.6 Å². The third-order valence-electron chi connectivity index (χ3n) is 2.67. The standard InChI is InChI=1S/C13H14F3N3OS/c1-20-6-5-17-12-18-11(19-21-12)8-9-3-2-4-10(7-9)13(14,15)16/h2-4,7H,5-6,8H2,1H3,(H,17,18,19). The van der Waals surface area contributed by atoms with Crippen LogP contribution >= 0.6 is 11.5 Å². The van der Waals surface area contributed by atoms with Crippen molar-refractivity contribution in [1.82, 2.24) is 9.36 Å². The van der Waals surface area contributed by atoms with Gasteiger partial charge in [0.05, 0.1) is 12.2 Å². The van der Waals surface area contributed by atoms with Gasteiger partial charge in [0, 0.05) is 31.6 Å². The number of nitrogens with one attached hydrogen (secondary N) is 1. The molecule has 0 radical (unpaired) electrons. The van der Waals surface area contributed by atoms with Crippen LogP contribution in [0.3, 0.4) is 0 Å². The number of alkyl halides is 3. The second kappa shape index (κ2) is 6.86. The number of hydrogen-bond donors (Lipinski definition) is 1. The van der Waals surface area contributed by atoms with Gasteiger partial charge in [0.1, 0.15) is 5.82 Å². The molecule has 0 fully saturated rings. The SMILES string of the molecule is COCCNc1nc(Cc2cccc(C(F)(F)F)c2)ns1. The molecule has 0 aliphatic carbocycles. The third kappa shape index (κ3) is 4.68. The molecule has 2 aromatic rings. The maximum absolute atomic E-state index is 12.6. The number of hydrogen-bond acceptors (Lipinski definition) is 5. The molecule has 4 nitrogen and oxygen atoms in total. The van der Waals surface area contributed by atoms with Gasteiger partial charge in [0.2, 0.25) is 5.13 Å². The van der Waals surface area contributed by atoms with Gasteiger partial charge in [-0.15, -0.1) is 0 Å². The quantitative estimate of drug-likeness (QED) is 0.831. The molecule has 0 saturated heterocycles. The Morgan fingerprint density at radius 3 is 2.86 bits per heavy atom. The molecule has 2 rings (SSSR count). The number of methoxy groups -OCH3 is 1. The molecule has 1 aromatic carbocycles. The third-order valence-corrected chi connectivity index (χ3v) is 3.38. The van der Waals surface area contributed by atoms with E-state index >= 15 is 0 Å². The van der Waals surface area contributed by atoms with Crippen LogP contribution in [-0.2, 0) is 17.3 Å². The average Bonchev–Trinajstić information content (AvgIpc) is 2.86. The van der Waals surface area contributed by atoms with E-state index in [0.29, 0.717) is 29.7 Å². The van der Waals surface area contributed by atoms with Crippen LogP contribution in [0.2, 0.25) is 0 Å². The first kappa shape index (κ1) is 15.7. The summed E-state index contributed by atoms with van der Waals surface area (Å²) < 4.78 is 46.9. The van der Waals surface area contributed by atoms with E-state index in [1.165, 1.54) is 17.6 Å². The fraction of sp³-hybridized carbons (Fsp3) is 0.385. The molecule has 0 aliphatic rings. The highest BCUT2D eigenvalue weighted by Gasteiger charge is 2.30. The van der Waals surface area contributed by atoms with Gasteiger partial charge < -0.3 is 10.1 Å². The number of benzene rings is 1. The Morgan fingerprint density at radius 2 is 2.14 bits per heavy atom. The maximum atomic E-state index is 12.6. The van der Waals surface area contributed by atoms with Gasteiger partial charge in [-0.1, -0.05) is 18.2 Å². The first-order valence-corrected chi connectivity index (χ1v) is 6.98. The number of anilines is 1. The number of halogens is 3. The molecule has 8 heteroatoms. The molecule has 1 aromatic heterocycles. The zero-order valence-corrected chi connectivity index (χ0v) is 12.1. The van der Waals surface area contributed by atoms with E-state index < -0.39 is 11.7 Å². The summed E-state index contributed by atoms with van der Waals surface area (Å²) in [4.78, 5) is 4.23. The first-order valence-electron chi connectivity index (χ1n) is 6.20. The fourth-order valence-corrected chi connectivity index (χ4v) is 2.31. The van der Waals surface area contributed by atoms with Gasteiger partial charge >= 0.3 is 6.18 Å². The summed E-state index contributed by atoms with van der Waals surface area (Å²) in [6, 6.07) is 5.20. The summed E-state index contributed by atoms with van der Waals surface area (Å²) in [5, 5.41) is 3.66. The van der Waals surface area contributed by atoms with E-state index in [9.17, 15) is 13.2 Å². The minimum absolute atomic E-state index is 0.270. The van der Waals surface area contributed by atoms with Crippen molar-refractivity contribution < 1.29 is 17.9 Å². The lowest BCUT2D eigenvalue weighted by molar-refractivity contribution is -0.137. The monoisotopic (exact) mass is 317 g/mol. The van der Waals surface area contributed by atoms with E-state index in [0.717, 1.165) is 12.1 Å². The van der Waals surface area contributed by atoms with Crippen molar-refractivity contribution in [3.63, 3.8) is 0 Å². The van der Waals surface area contributed by atoms with Gasteiger partial charge in [-0.05, 0) is 11.6 Å². The molecule has 0 saturated carbocycles. The van der Waals surface area contributed by atoms with Gasteiger partial charge in [-0.3, -0.25) is 0 Å². The highest BCUT2D eigenvalue weighted by molar-refractivity contribution is 7.09. The first-order chi connectivity index (χ1) is 9.99. The molecule has 114 valence electrons. The van der Waals surface area contributed by atoms with Gasteiger partial charge in [-0.25, -0.2) is 4.98 Å². The molecule has 0 amide bonds. The summed E-state index contributed by atoms with van der Waals surface area (Å²) in [7, 11) is 1.60. The van der Waals surface area contributed by atoms with Crippen LogP contribution in [0.1, 0.15) is 17.0 Å². The minimum atomic E-state index is -4.33. The molecule has 0 spiro atoms. The second-order valence-corrected chi connectivity index (χ2v) is 5.06. The molecular weight excluding hydrogens is 303 g/mol. The number of ether oxygens (including phenoxy) is 1. The van der Waals surface area contributed by atoms with Crippen molar-refractivity contribution in [1.29, 1.82) is 0 Å². The highest BCUT2D eigenvalue weighted by Crippen LogP contribution is 2.29. The largest absolute Gasteiger partial charge is 0.416 e. The fourth-order valence-electron chi connectivity index (χ4n) is 1.70. The van der Waals surface area contributed by atoms with Crippen molar-refractivity contribution >= 4 is 16.7 Å². The second-order valence-electron chi connectivity index (χ2n) is 4.31. The average molecular weight is 317 g/mol. The van der Waals surface area contributed by atoms with Crippen LogP contribution in [0.5, 0.6) is 0 Å². The highest BCUT2D eigenvalue weighted by atomic mass is 32.1. The molecule has 0 bridgehead atoms. The van der Waals surface area contributed by atoms with Crippen LogP contribution in [0.4, 0.5) is 18.3 Å². The van der Waals surface area contributed by atoms with Crippen LogP contribution < -0.4 is 5.32 Å². The van der Waals surface area contributed by atoms with E-state index in [1.54, 1.807) is 13.2 Å². The van der Waals surface area contributed by atoms with Crippen molar-refractivity contribution in [3.8, 4) is 0 Å². The molecule has 21 heavy (non-hydrogen) atoms. The smallest absolute Gasteiger partial charge is 0.383 e. The molecule has 1 heterocycles. The summed E-state index contributed by atoms with van der Waals surface area (Å²) in [6.45, 7) is 1.15. The number of nitrogens with zero attached hydrogens (tertiary/aromatic N) is 2. The maximum Gasteiger partial charge on any atom is 0.416 e. The van der Waals surface area contributed by atoms with Crippen LogP contribution in [0, 0.1) is 0 Å². The molecule has 1 N–H and O–H groups in total. The van der Waals surface area contributed by atoms with Gasteiger partial charge in [0.15, 0.2) is 0 Å². The Kier molecular flexibility index (Phi) is 5.13. The predicted octanol–water partition coefficient (Wildman–Crippen LogP) is 3.21. The normalized spacial score (nSPS) is 11.6. The summed E-state index contributed by atoms with van der Waals surface area (Å²) in [6.07, 6.45) is -4.06. The van der Waals surface area contributed by atoms with Gasteiger partial charge in [0.25, 0.3) is 0 Å². The lowest BCUT2D eigenvalue weighted by Crippen LogP contribution is -2.07. The molecule has 0 atom stereocenters. The summed E-state index contributed by atoms with van der Waals surface area (Å²) in [5.41, 5.74) is -0.125. The molecule has 0 unspecified atom stereocenters. The Bertz CT molecular complexity index is 586. The minimum Gasteiger partial charge on any atom is -0.383 e. The summed E-state index contributed by atoms with van der Waals surface area (Å²) >= 11 is 1.18. The Labute approximate surface area is 124 Å². The predicted molar refractivity (Wildman–Crippen MR) is 74.5 cm³/mol. The Hall–Kier alpha value is -1.67. The zero-order chi connectivity index (χ0) is 15.3. The van der Waals surface area contributed by atoms with Crippen molar-refractivity contribution in [2.45, 2.75) is 12.6 Å². The number of rotatable bonds is 6. The van der Waals surface area contributed by atoms with Crippen molar-refractivity contribution in [2.75, 3.05) is 25.6 Å². The zero-order valence-electron chi connectivity index (χ0n) is 11.3. The Balaban J connectivity index is 2.02. The Morgan fingerprint density at radius 1 is 1.33 bits per heavy atom. The van der Waals surface area contributed by atoms with E-state index in [4.69, 9.17) is 4.74 Å². The summed E-state index contributed by atoms with van der Waals surface area (Å²) in [5.74, 6) is 0.499. The molecular formula is C13H14F3N3OS. The number of aromatic nitrogens is 2. The van der Waals surface area contributed by atoms with Crippen molar-refractivity contribution in [2.24, 2.45) is 0 Å². The lowest BCUT2D eigenvalue weighted by Gasteiger charge is -2.07. The molecule has 0 aliphatic heterocycles. The van der Waals surface area contributed by atoms with E-state index in [2.05, 4.69) is 14.7 Å². The van der Waals surface area contributed by atoms with Gasteiger partial charge in [-0.2, -0.15) is 17.5 Å². The van der Waals surface area contributed by atoms with Crippen LogP contribution in [0.25, 0.3) is 0 Å². The topological polar surface area (TPSA) is 47.0 Å². The van der Waals surface area contributed by atoms with E-state index in [1.807, 2.05) is 0 Å². The van der Waals surface area contributed by atoms with E-state index in [-0.39, 0.29) is 6.42 Å². The van der Waals surface area contributed by atoms with Crippen molar-refractivity contribution in [3.05, 3.63) is 41.2 Å². The lowest BCUT2D eigenvalue weighted by atomic mass is 10.1.